The molecule has 0 aliphatic rings. The predicted molar refractivity (Wildman–Crippen MR) is 59.9 cm³/mol. The van der Waals surface area contributed by atoms with Crippen molar-refractivity contribution in [1.82, 2.24) is 5.32 Å². The van der Waals surface area contributed by atoms with Gasteiger partial charge in [0, 0.05) is 0 Å². The fourth-order valence-corrected chi connectivity index (χ4v) is 1.62. The summed E-state index contributed by atoms with van der Waals surface area (Å²) in [4.78, 5) is 0. The van der Waals surface area contributed by atoms with E-state index in [1.165, 1.54) is 0 Å². The molecule has 2 nitrogen and oxygen atoms in total. The van der Waals surface area contributed by atoms with Gasteiger partial charge in [0.15, 0.2) is 0 Å². The molecule has 1 aromatic rings. The molecule has 17 heavy (non-hydrogen) atoms. The fourth-order valence-electron chi connectivity index (χ4n) is 1.62. The Hall–Kier alpha value is -1.23. The van der Waals surface area contributed by atoms with Gasteiger partial charge in [0.05, 0.1) is 6.54 Å². The van der Waals surface area contributed by atoms with Crippen molar-refractivity contribution >= 4 is 0 Å². The average molecular weight is 247 g/mol. The molecule has 1 rings (SSSR count). The molecule has 1 unspecified atom stereocenters. The molecular formula is C12H16F3NO. The number of hydrogen-bond donors (Lipinski definition) is 2. The van der Waals surface area contributed by atoms with Gasteiger partial charge in [0.1, 0.15) is 5.75 Å². The van der Waals surface area contributed by atoms with Crippen LogP contribution in [-0.4, -0.2) is 24.4 Å². The summed E-state index contributed by atoms with van der Waals surface area (Å²) < 4.78 is 35.7. The van der Waals surface area contributed by atoms with Crippen molar-refractivity contribution in [2.75, 3.05) is 13.1 Å². The van der Waals surface area contributed by atoms with Crippen molar-refractivity contribution in [2.24, 2.45) is 5.92 Å². The minimum absolute atomic E-state index is 0.0825. The topological polar surface area (TPSA) is 32.3 Å². The van der Waals surface area contributed by atoms with Crippen LogP contribution in [0.4, 0.5) is 13.2 Å². The van der Waals surface area contributed by atoms with Crippen LogP contribution in [0.25, 0.3) is 0 Å². The molecule has 0 saturated heterocycles. The highest BCUT2D eigenvalue weighted by Gasteiger charge is 2.26. The Kier molecular flexibility index (Phi) is 4.81. The van der Waals surface area contributed by atoms with Crippen LogP contribution in [0.1, 0.15) is 12.5 Å². The maximum Gasteiger partial charge on any atom is 0.401 e. The molecule has 0 saturated carbocycles. The Bertz CT molecular complexity index is 352. The van der Waals surface area contributed by atoms with Crippen LogP contribution in [0.2, 0.25) is 0 Å². The van der Waals surface area contributed by atoms with Crippen LogP contribution in [-0.2, 0) is 6.42 Å². The lowest BCUT2D eigenvalue weighted by molar-refractivity contribution is -0.125. The van der Waals surface area contributed by atoms with Gasteiger partial charge < -0.3 is 10.4 Å². The first kappa shape index (κ1) is 13.8. The quantitative estimate of drug-likeness (QED) is 0.838. The summed E-state index contributed by atoms with van der Waals surface area (Å²) in [5, 5.41) is 11.6. The van der Waals surface area contributed by atoms with Crippen molar-refractivity contribution in [1.29, 1.82) is 0 Å². The van der Waals surface area contributed by atoms with Gasteiger partial charge in [-0.2, -0.15) is 13.2 Å². The maximum atomic E-state index is 11.9. The fraction of sp³-hybridized carbons (Fsp3) is 0.500. The number of rotatable bonds is 5. The molecule has 96 valence electrons. The van der Waals surface area contributed by atoms with Gasteiger partial charge in [-0.05, 0) is 36.6 Å². The lowest BCUT2D eigenvalue weighted by Gasteiger charge is -2.14. The van der Waals surface area contributed by atoms with E-state index in [4.69, 9.17) is 0 Å². The van der Waals surface area contributed by atoms with Gasteiger partial charge in [0.2, 0.25) is 0 Å². The van der Waals surface area contributed by atoms with Crippen molar-refractivity contribution < 1.29 is 18.3 Å². The lowest BCUT2D eigenvalue weighted by Crippen LogP contribution is -2.32. The number of alkyl halides is 3. The Morgan fingerprint density at radius 2 is 2.06 bits per heavy atom. The first-order chi connectivity index (χ1) is 7.87. The van der Waals surface area contributed by atoms with Crippen LogP contribution in [0.15, 0.2) is 24.3 Å². The Morgan fingerprint density at radius 1 is 1.35 bits per heavy atom. The van der Waals surface area contributed by atoms with Crippen molar-refractivity contribution in [3.8, 4) is 5.75 Å². The first-order valence-corrected chi connectivity index (χ1v) is 5.42. The van der Waals surface area contributed by atoms with Crippen molar-refractivity contribution in [3.05, 3.63) is 29.8 Å². The molecule has 0 spiro atoms. The zero-order valence-corrected chi connectivity index (χ0v) is 9.59. The highest BCUT2D eigenvalue weighted by atomic mass is 19.4. The van der Waals surface area contributed by atoms with Crippen molar-refractivity contribution in [2.45, 2.75) is 19.5 Å². The summed E-state index contributed by atoms with van der Waals surface area (Å²) in [6, 6.07) is 6.76. The lowest BCUT2D eigenvalue weighted by atomic mass is 10.0. The third kappa shape index (κ3) is 6.16. The second-order valence-corrected chi connectivity index (χ2v) is 4.23. The van der Waals surface area contributed by atoms with Crippen LogP contribution >= 0.6 is 0 Å². The number of aromatic hydroxyl groups is 1. The first-order valence-electron chi connectivity index (χ1n) is 5.42. The molecule has 0 aliphatic heterocycles. The highest BCUT2D eigenvalue weighted by molar-refractivity contribution is 5.27. The Labute approximate surface area is 98.5 Å². The maximum absolute atomic E-state index is 11.9. The SMILES string of the molecule is CC(CNCC(F)(F)F)Cc1cccc(O)c1. The van der Waals surface area contributed by atoms with E-state index in [1.54, 1.807) is 18.2 Å². The smallest absolute Gasteiger partial charge is 0.401 e. The molecule has 1 atom stereocenters. The number of phenolic OH excluding ortho intramolecular Hbond substituents is 1. The second-order valence-electron chi connectivity index (χ2n) is 4.23. The predicted octanol–water partition coefficient (Wildman–Crippen LogP) is 2.72. The molecule has 0 heterocycles. The Balaban J connectivity index is 2.32. The number of halogens is 3. The molecule has 2 N–H and O–H groups in total. The minimum atomic E-state index is -4.16. The van der Waals surface area contributed by atoms with Crippen LogP contribution in [0, 0.1) is 5.92 Å². The number of phenols is 1. The summed E-state index contributed by atoms with van der Waals surface area (Å²) in [6.45, 7) is 1.21. The summed E-state index contributed by atoms with van der Waals surface area (Å²) in [6.07, 6.45) is -3.52. The average Bonchev–Trinajstić information content (AvgIpc) is 2.15. The minimum Gasteiger partial charge on any atom is -0.508 e. The largest absolute Gasteiger partial charge is 0.508 e. The molecular weight excluding hydrogens is 231 g/mol. The number of nitrogens with one attached hydrogen (secondary N) is 1. The number of hydrogen-bond acceptors (Lipinski definition) is 2. The van der Waals surface area contributed by atoms with E-state index in [0.717, 1.165) is 5.56 Å². The van der Waals surface area contributed by atoms with E-state index in [0.29, 0.717) is 13.0 Å². The van der Waals surface area contributed by atoms with Gasteiger partial charge >= 0.3 is 6.18 Å². The second kappa shape index (κ2) is 5.91. The van der Waals surface area contributed by atoms with Crippen LogP contribution < -0.4 is 5.32 Å². The van der Waals surface area contributed by atoms with E-state index < -0.39 is 12.7 Å². The zero-order chi connectivity index (χ0) is 12.9. The summed E-state index contributed by atoms with van der Waals surface area (Å²) >= 11 is 0. The van der Waals surface area contributed by atoms with Crippen molar-refractivity contribution in [3.63, 3.8) is 0 Å². The highest BCUT2D eigenvalue weighted by Crippen LogP contribution is 2.15. The monoisotopic (exact) mass is 247 g/mol. The van der Waals surface area contributed by atoms with E-state index in [9.17, 15) is 18.3 Å². The standard InChI is InChI=1S/C12H16F3NO/c1-9(7-16-8-12(13,14)15)5-10-3-2-4-11(17)6-10/h2-4,6,9,16-17H,5,7-8H2,1H3. The summed E-state index contributed by atoms with van der Waals surface area (Å²) in [7, 11) is 0. The van der Waals surface area contributed by atoms with E-state index in [1.807, 2.05) is 13.0 Å². The molecule has 0 radical (unpaired) electrons. The van der Waals surface area contributed by atoms with E-state index in [2.05, 4.69) is 5.32 Å². The van der Waals surface area contributed by atoms with Gasteiger partial charge in [-0.15, -0.1) is 0 Å². The number of benzene rings is 1. The van der Waals surface area contributed by atoms with E-state index >= 15 is 0 Å². The normalized spacial score (nSPS) is 13.6. The summed E-state index contributed by atoms with van der Waals surface area (Å²) in [5.74, 6) is 0.261. The summed E-state index contributed by atoms with van der Waals surface area (Å²) in [5.41, 5.74) is 0.923. The molecule has 0 aliphatic carbocycles. The van der Waals surface area contributed by atoms with Crippen LogP contribution in [0.3, 0.4) is 0 Å². The molecule has 0 aromatic heterocycles. The molecule has 0 amide bonds. The molecule has 0 fully saturated rings. The third-order valence-corrected chi connectivity index (χ3v) is 2.31. The van der Waals surface area contributed by atoms with Gasteiger partial charge in [-0.25, -0.2) is 0 Å². The van der Waals surface area contributed by atoms with Gasteiger partial charge in [-0.3, -0.25) is 0 Å². The van der Waals surface area contributed by atoms with Gasteiger partial charge in [-0.1, -0.05) is 19.1 Å². The third-order valence-electron chi connectivity index (χ3n) is 2.31. The van der Waals surface area contributed by atoms with Gasteiger partial charge in [0.25, 0.3) is 0 Å². The Morgan fingerprint density at radius 3 is 2.65 bits per heavy atom. The van der Waals surface area contributed by atoms with E-state index in [-0.39, 0.29) is 11.7 Å². The molecule has 5 heteroatoms. The molecule has 1 aromatic carbocycles. The van der Waals surface area contributed by atoms with Crippen LogP contribution in [0.5, 0.6) is 5.75 Å². The zero-order valence-electron chi connectivity index (χ0n) is 9.59. The molecule has 0 bridgehead atoms.